The molecule has 2 aromatic rings. The van der Waals surface area contributed by atoms with Crippen molar-refractivity contribution in [3.63, 3.8) is 0 Å². The number of aromatic nitrogens is 3. The molecule has 0 saturated heterocycles. The number of amides is 1. The lowest BCUT2D eigenvalue weighted by Gasteiger charge is -2.24. The summed E-state index contributed by atoms with van der Waals surface area (Å²) in [4.78, 5) is 20.4. The Morgan fingerprint density at radius 1 is 1.53 bits per heavy atom. The van der Waals surface area contributed by atoms with Gasteiger partial charge in [-0.15, -0.1) is 0 Å². The molecule has 6 heteroatoms. The molecule has 0 aromatic carbocycles. The lowest BCUT2D eigenvalue weighted by atomic mass is 9.92. The number of carbonyl (C=O) groups is 1. The Hall–Kier alpha value is -2.37. The van der Waals surface area contributed by atoms with Gasteiger partial charge in [0, 0.05) is 30.9 Å². The minimum absolute atomic E-state index is 0.0544. The van der Waals surface area contributed by atoms with Gasteiger partial charge >= 0.3 is 0 Å². The van der Waals surface area contributed by atoms with Gasteiger partial charge in [0.15, 0.2) is 0 Å². The van der Waals surface area contributed by atoms with Crippen molar-refractivity contribution in [2.45, 2.75) is 25.8 Å². The number of rotatable bonds is 2. The molecule has 0 radical (unpaired) electrons. The SMILES string of the molecule is CCn1ccnc1[C@@H]1CC(=O)Nc2nc(N)ccc21. The molecule has 0 fully saturated rings. The van der Waals surface area contributed by atoms with Crippen LogP contribution in [0.25, 0.3) is 0 Å². The van der Waals surface area contributed by atoms with Gasteiger partial charge in [0.25, 0.3) is 0 Å². The maximum absolute atomic E-state index is 11.8. The van der Waals surface area contributed by atoms with Crippen LogP contribution in [0.4, 0.5) is 11.6 Å². The number of pyridine rings is 1. The highest BCUT2D eigenvalue weighted by Gasteiger charge is 2.30. The molecule has 19 heavy (non-hydrogen) atoms. The molecule has 98 valence electrons. The Labute approximate surface area is 110 Å². The zero-order chi connectivity index (χ0) is 13.4. The van der Waals surface area contributed by atoms with Crippen LogP contribution in [0.1, 0.15) is 30.7 Å². The van der Waals surface area contributed by atoms with Gasteiger partial charge in [-0.25, -0.2) is 9.97 Å². The number of fused-ring (bicyclic) bond motifs is 1. The molecule has 2 aromatic heterocycles. The minimum atomic E-state index is -0.0631. The van der Waals surface area contributed by atoms with Crippen molar-refractivity contribution >= 4 is 17.5 Å². The zero-order valence-electron chi connectivity index (χ0n) is 10.6. The quantitative estimate of drug-likeness (QED) is 0.850. The third-order valence-corrected chi connectivity index (χ3v) is 3.37. The van der Waals surface area contributed by atoms with E-state index in [4.69, 9.17) is 5.73 Å². The van der Waals surface area contributed by atoms with Crippen molar-refractivity contribution in [3.05, 3.63) is 35.9 Å². The molecule has 1 aliphatic rings. The van der Waals surface area contributed by atoms with Gasteiger partial charge in [-0.1, -0.05) is 6.07 Å². The molecule has 3 N–H and O–H groups in total. The number of anilines is 2. The highest BCUT2D eigenvalue weighted by Crippen LogP contribution is 2.35. The summed E-state index contributed by atoms with van der Waals surface area (Å²) < 4.78 is 2.05. The summed E-state index contributed by atoms with van der Waals surface area (Å²) in [5.74, 6) is 1.73. The predicted octanol–water partition coefficient (Wildman–Crippen LogP) is 1.35. The predicted molar refractivity (Wildman–Crippen MR) is 71.6 cm³/mol. The fourth-order valence-electron chi connectivity index (χ4n) is 2.47. The highest BCUT2D eigenvalue weighted by molar-refractivity contribution is 5.94. The Balaban J connectivity index is 2.11. The second-order valence-corrected chi connectivity index (χ2v) is 4.55. The standard InChI is InChI=1S/C13H15N5O/c1-2-18-6-5-15-13(18)9-7-11(19)17-12-8(9)3-4-10(14)16-12/h3-6,9H,2,7H2,1H3,(H3,14,16,17,19)/t9-/m1/s1. The van der Waals surface area contributed by atoms with Crippen LogP contribution in [0.15, 0.2) is 24.5 Å². The van der Waals surface area contributed by atoms with Crippen LogP contribution in [0.2, 0.25) is 0 Å². The number of nitrogen functional groups attached to an aromatic ring is 1. The number of imidazole rings is 1. The smallest absolute Gasteiger partial charge is 0.226 e. The highest BCUT2D eigenvalue weighted by atomic mass is 16.1. The minimum Gasteiger partial charge on any atom is -0.384 e. The Kier molecular flexibility index (Phi) is 2.70. The summed E-state index contributed by atoms with van der Waals surface area (Å²) in [5, 5.41) is 2.76. The first-order chi connectivity index (χ1) is 9.19. The average Bonchev–Trinajstić information content (AvgIpc) is 2.85. The van der Waals surface area contributed by atoms with Crippen molar-refractivity contribution in [3.8, 4) is 0 Å². The Morgan fingerprint density at radius 2 is 2.37 bits per heavy atom. The van der Waals surface area contributed by atoms with Crippen LogP contribution in [0, 0.1) is 0 Å². The first kappa shape index (κ1) is 11.7. The number of carbonyl (C=O) groups excluding carboxylic acids is 1. The number of hydrogen-bond donors (Lipinski definition) is 2. The lowest BCUT2D eigenvalue weighted by Crippen LogP contribution is -2.26. The van der Waals surface area contributed by atoms with Crippen LogP contribution in [-0.4, -0.2) is 20.4 Å². The van der Waals surface area contributed by atoms with Gasteiger partial charge in [0.2, 0.25) is 5.91 Å². The van der Waals surface area contributed by atoms with E-state index in [-0.39, 0.29) is 11.8 Å². The van der Waals surface area contributed by atoms with E-state index in [2.05, 4.69) is 22.2 Å². The Bertz CT molecular complexity index is 634. The second kappa shape index (κ2) is 4.38. The number of nitrogens with two attached hydrogens (primary N) is 1. The molecule has 0 saturated carbocycles. The molecular formula is C13H15N5O. The van der Waals surface area contributed by atoms with E-state index in [0.29, 0.717) is 18.1 Å². The number of aryl methyl sites for hydroxylation is 1. The van der Waals surface area contributed by atoms with Gasteiger partial charge in [-0.2, -0.15) is 0 Å². The third-order valence-electron chi connectivity index (χ3n) is 3.37. The summed E-state index contributed by atoms with van der Waals surface area (Å²) in [6, 6.07) is 3.67. The summed E-state index contributed by atoms with van der Waals surface area (Å²) in [5.41, 5.74) is 6.63. The number of nitrogens with one attached hydrogen (secondary N) is 1. The molecule has 1 amide bonds. The molecule has 0 unspecified atom stereocenters. The van der Waals surface area contributed by atoms with Crippen molar-refractivity contribution in [1.29, 1.82) is 0 Å². The van der Waals surface area contributed by atoms with E-state index in [0.717, 1.165) is 17.9 Å². The van der Waals surface area contributed by atoms with Crippen LogP contribution in [0.5, 0.6) is 0 Å². The molecule has 0 aliphatic carbocycles. The fourth-order valence-corrected chi connectivity index (χ4v) is 2.47. The first-order valence-corrected chi connectivity index (χ1v) is 6.26. The van der Waals surface area contributed by atoms with Crippen molar-refractivity contribution in [2.75, 3.05) is 11.1 Å². The number of nitrogens with zero attached hydrogens (tertiary/aromatic N) is 3. The van der Waals surface area contributed by atoms with Gasteiger partial charge in [0.1, 0.15) is 17.5 Å². The summed E-state index contributed by atoms with van der Waals surface area (Å²) in [6.07, 6.45) is 4.07. The van der Waals surface area contributed by atoms with E-state index in [1.54, 1.807) is 12.3 Å². The largest absolute Gasteiger partial charge is 0.384 e. The topological polar surface area (TPSA) is 85.8 Å². The third kappa shape index (κ3) is 1.95. The van der Waals surface area contributed by atoms with Crippen molar-refractivity contribution in [2.24, 2.45) is 0 Å². The van der Waals surface area contributed by atoms with Gasteiger partial charge < -0.3 is 15.6 Å². The van der Waals surface area contributed by atoms with Gasteiger partial charge in [-0.3, -0.25) is 4.79 Å². The van der Waals surface area contributed by atoms with E-state index in [9.17, 15) is 4.79 Å². The maximum Gasteiger partial charge on any atom is 0.226 e. The maximum atomic E-state index is 11.8. The summed E-state index contributed by atoms with van der Waals surface area (Å²) >= 11 is 0. The van der Waals surface area contributed by atoms with Gasteiger partial charge in [0.05, 0.1) is 5.92 Å². The van der Waals surface area contributed by atoms with E-state index in [1.165, 1.54) is 0 Å². The van der Waals surface area contributed by atoms with E-state index in [1.807, 2.05) is 16.8 Å². The molecule has 0 spiro atoms. The Morgan fingerprint density at radius 3 is 3.16 bits per heavy atom. The summed E-state index contributed by atoms with van der Waals surface area (Å²) in [7, 11) is 0. The first-order valence-electron chi connectivity index (χ1n) is 6.26. The van der Waals surface area contributed by atoms with Gasteiger partial charge in [-0.05, 0) is 13.0 Å². The summed E-state index contributed by atoms with van der Waals surface area (Å²) in [6.45, 7) is 2.88. The second-order valence-electron chi connectivity index (χ2n) is 4.55. The normalized spacial score (nSPS) is 17.9. The van der Waals surface area contributed by atoms with Crippen LogP contribution < -0.4 is 11.1 Å². The number of hydrogen-bond acceptors (Lipinski definition) is 4. The van der Waals surface area contributed by atoms with Crippen LogP contribution in [-0.2, 0) is 11.3 Å². The molecule has 1 aliphatic heterocycles. The molecule has 1 atom stereocenters. The van der Waals surface area contributed by atoms with E-state index < -0.39 is 0 Å². The monoisotopic (exact) mass is 257 g/mol. The molecular weight excluding hydrogens is 242 g/mol. The molecule has 3 rings (SSSR count). The lowest BCUT2D eigenvalue weighted by molar-refractivity contribution is -0.116. The van der Waals surface area contributed by atoms with Crippen molar-refractivity contribution in [1.82, 2.24) is 14.5 Å². The molecule has 6 nitrogen and oxygen atoms in total. The van der Waals surface area contributed by atoms with Crippen LogP contribution >= 0.6 is 0 Å². The molecule has 0 bridgehead atoms. The fraction of sp³-hybridized carbons (Fsp3) is 0.308. The van der Waals surface area contributed by atoms with Crippen molar-refractivity contribution < 1.29 is 4.79 Å². The zero-order valence-corrected chi connectivity index (χ0v) is 10.6. The molecule has 3 heterocycles. The van der Waals surface area contributed by atoms with Crippen LogP contribution in [0.3, 0.4) is 0 Å². The van der Waals surface area contributed by atoms with E-state index >= 15 is 0 Å². The average molecular weight is 257 g/mol.